The van der Waals surface area contributed by atoms with Gasteiger partial charge in [0, 0.05) is 36.1 Å². The summed E-state index contributed by atoms with van der Waals surface area (Å²) in [5, 5.41) is 12.8. The van der Waals surface area contributed by atoms with E-state index < -0.39 is 5.41 Å². The van der Waals surface area contributed by atoms with Gasteiger partial charge in [0.25, 0.3) is 0 Å². The Morgan fingerprint density at radius 3 is 2.55 bits per heavy atom. The molecule has 20 heavy (non-hydrogen) atoms. The van der Waals surface area contributed by atoms with Crippen LogP contribution in [-0.4, -0.2) is 28.1 Å². The molecule has 1 aliphatic carbocycles. The number of rotatable bonds is 3. The number of H-pyrrole nitrogens is 1. The Morgan fingerprint density at radius 1 is 1.35 bits per heavy atom. The minimum atomic E-state index is -0.438. The Bertz CT molecular complexity index is 509. The molecule has 6 nitrogen and oxygen atoms in total. The summed E-state index contributed by atoms with van der Waals surface area (Å²) in [6, 6.07) is 2.13. The molecule has 0 aromatic carbocycles. The standard InChI is InChI=1S/C14H22N4O2/c1-8(19)15-10-5-9(6-10)11-7-12(18-17-11)16-13(20)14(2,3)4/h7,9-10H,5-6H2,1-4H3,(H,15,19)(H2,16,17,18,20). The average Bonchev–Trinajstić information content (AvgIpc) is 2.69. The molecule has 1 aromatic rings. The molecule has 1 fully saturated rings. The fourth-order valence-electron chi connectivity index (χ4n) is 2.19. The Labute approximate surface area is 118 Å². The highest BCUT2D eigenvalue weighted by molar-refractivity contribution is 5.93. The van der Waals surface area contributed by atoms with Crippen LogP contribution in [0.15, 0.2) is 6.07 Å². The van der Waals surface area contributed by atoms with Crippen LogP contribution in [0.2, 0.25) is 0 Å². The van der Waals surface area contributed by atoms with Crippen LogP contribution in [0.4, 0.5) is 5.82 Å². The van der Waals surface area contributed by atoms with E-state index in [0.29, 0.717) is 11.7 Å². The Hall–Kier alpha value is -1.85. The summed E-state index contributed by atoms with van der Waals surface area (Å²) < 4.78 is 0. The maximum Gasteiger partial charge on any atom is 0.230 e. The van der Waals surface area contributed by atoms with Crippen molar-refractivity contribution >= 4 is 17.6 Å². The van der Waals surface area contributed by atoms with Crippen molar-refractivity contribution in [3.05, 3.63) is 11.8 Å². The van der Waals surface area contributed by atoms with E-state index in [1.807, 2.05) is 26.8 Å². The first-order valence-corrected chi connectivity index (χ1v) is 6.89. The van der Waals surface area contributed by atoms with E-state index in [1.165, 1.54) is 6.92 Å². The summed E-state index contributed by atoms with van der Waals surface area (Å²) in [6.07, 6.45) is 1.82. The van der Waals surface area contributed by atoms with Crippen molar-refractivity contribution in [3.8, 4) is 0 Å². The lowest BCUT2D eigenvalue weighted by atomic mass is 9.78. The first-order valence-electron chi connectivity index (χ1n) is 6.89. The lowest BCUT2D eigenvalue weighted by molar-refractivity contribution is -0.123. The fourth-order valence-corrected chi connectivity index (χ4v) is 2.19. The lowest BCUT2D eigenvalue weighted by Gasteiger charge is -2.34. The van der Waals surface area contributed by atoms with Crippen molar-refractivity contribution in [2.45, 2.75) is 52.5 Å². The van der Waals surface area contributed by atoms with E-state index in [0.717, 1.165) is 18.5 Å². The number of aromatic nitrogens is 2. The quantitative estimate of drug-likeness (QED) is 0.787. The molecule has 110 valence electrons. The molecule has 1 aromatic heterocycles. The molecule has 1 saturated carbocycles. The summed E-state index contributed by atoms with van der Waals surface area (Å²) in [4.78, 5) is 22.8. The van der Waals surface area contributed by atoms with Crippen LogP contribution in [0.25, 0.3) is 0 Å². The van der Waals surface area contributed by atoms with Crippen molar-refractivity contribution in [2.75, 3.05) is 5.32 Å². The average molecular weight is 278 g/mol. The number of hydrogen-bond acceptors (Lipinski definition) is 3. The molecule has 3 N–H and O–H groups in total. The highest BCUT2D eigenvalue weighted by Crippen LogP contribution is 2.36. The van der Waals surface area contributed by atoms with Crippen LogP contribution in [0.1, 0.15) is 52.1 Å². The van der Waals surface area contributed by atoms with Gasteiger partial charge in [-0.15, -0.1) is 0 Å². The highest BCUT2D eigenvalue weighted by Gasteiger charge is 2.32. The first kappa shape index (κ1) is 14.6. The molecular weight excluding hydrogens is 256 g/mol. The molecule has 1 aliphatic rings. The summed E-state index contributed by atoms with van der Waals surface area (Å²) >= 11 is 0. The second kappa shape index (κ2) is 5.26. The van der Waals surface area contributed by atoms with E-state index in [9.17, 15) is 9.59 Å². The molecule has 2 amide bonds. The molecular formula is C14H22N4O2. The first-order chi connectivity index (χ1) is 9.25. The number of aromatic amines is 1. The van der Waals surface area contributed by atoms with Gasteiger partial charge in [-0.2, -0.15) is 5.10 Å². The van der Waals surface area contributed by atoms with Gasteiger partial charge >= 0.3 is 0 Å². The van der Waals surface area contributed by atoms with Crippen molar-refractivity contribution in [1.82, 2.24) is 15.5 Å². The number of anilines is 1. The van der Waals surface area contributed by atoms with Gasteiger partial charge in [-0.05, 0) is 12.8 Å². The normalized spacial score (nSPS) is 22.0. The third-order valence-electron chi connectivity index (χ3n) is 3.51. The van der Waals surface area contributed by atoms with Crippen LogP contribution in [0.3, 0.4) is 0 Å². The van der Waals surface area contributed by atoms with E-state index in [4.69, 9.17) is 0 Å². The Morgan fingerprint density at radius 2 is 2.00 bits per heavy atom. The minimum Gasteiger partial charge on any atom is -0.354 e. The highest BCUT2D eigenvalue weighted by atomic mass is 16.2. The maximum absolute atomic E-state index is 11.9. The zero-order valence-electron chi connectivity index (χ0n) is 12.4. The largest absolute Gasteiger partial charge is 0.354 e. The number of nitrogens with zero attached hydrogens (tertiary/aromatic N) is 1. The van der Waals surface area contributed by atoms with Gasteiger partial charge in [-0.3, -0.25) is 14.7 Å². The van der Waals surface area contributed by atoms with Gasteiger partial charge in [0.2, 0.25) is 11.8 Å². The van der Waals surface area contributed by atoms with Crippen LogP contribution in [-0.2, 0) is 9.59 Å². The van der Waals surface area contributed by atoms with Crippen LogP contribution < -0.4 is 10.6 Å². The molecule has 0 saturated heterocycles. The van der Waals surface area contributed by atoms with Crippen molar-refractivity contribution in [2.24, 2.45) is 5.41 Å². The molecule has 0 radical (unpaired) electrons. The maximum atomic E-state index is 11.9. The molecule has 0 aliphatic heterocycles. The molecule has 0 spiro atoms. The minimum absolute atomic E-state index is 0.0104. The van der Waals surface area contributed by atoms with Crippen molar-refractivity contribution in [3.63, 3.8) is 0 Å². The topological polar surface area (TPSA) is 86.9 Å². The van der Waals surface area contributed by atoms with Gasteiger partial charge in [-0.25, -0.2) is 0 Å². The molecule has 1 heterocycles. The van der Waals surface area contributed by atoms with E-state index in [2.05, 4.69) is 20.8 Å². The van der Waals surface area contributed by atoms with Gasteiger partial charge in [0.15, 0.2) is 5.82 Å². The Kier molecular flexibility index (Phi) is 3.83. The van der Waals surface area contributed by atoms with Gasteiger partial charge < -0.3 is 10.6 Å². The van der Waals surface area contributed by atoms with Crippen molar-refractivity contribution in [1.29, 1.82) is 0 Å². The zero-order valence-corrected chi connectivity index (χ0v) is 12.4. The number of amides is 2. The smallest absolute Gasteiger partial charge is 0.230 e. The summed E-state index contributed by atoms with van der Waals surface area (Å²) in [5.41, 5.74) is 0.572. The van der Waals surface area contributed by atoms with Crippen molar-refractivity contribution < 1.29 is 9.59 Å². The van der Waals surface area contributed by atoms with E-state index in [1.54, 1.807) is 0 Å². The molecule has 0 bridgehead atoms. The van der Waals surface area contributed by atoms with Crippen LogP contribution in [0.5, 0.6) is 0 Å². The number of carbonyl (C=O) groups is 2. The van der Waals surface area contributed by atoms with E-state index in [-0.39, 0.29) is 17.9 Å². The second-order valence-corrected chi connectivity index (χ2v) is 6.48. The molecule has 0 atom stereocenters. The molecule has 6 heteroatoms. The second-order valence-electron chi connectivity index (χ2n) is 6.48. The van der Waals surface area contributed by atoms with Gasteiger partial charge in [-0.1, -0.05) is 20.8 Å². The lowest BCUT2D eigenvalue weighted by Crippen LogP contribution is -2.42. The fraction of sp³-hybridized carbons (Fsp3) is 0.643. The zero-order chi connectivity index (χ0) is 14.9. The summed E-state index contributed by atoms with van der Waals surface area (Å²) in [7, 11) is 0. The number of nitrogens with one attached hydrogen (secondary N) is 3. The molecule has 0 unspecified atom stereocenters. The number of hydrogen-bond donors (Lipinski definition) is 3. The third-order valence-corrected chi connectivity index (χ3v) is 3.51. The molecule has 2 rings (SSSR count). The third kappa shape index (κ3) is 3.37. The van der Waals surface area contributed by atoms with E-state index >= 15 is 0 Å². The number of carbonyl (C=O) groups excluding carboxylic acids is 2. The predicted octanol–water partition coefficient (Wildman–Crippen LogP) is 1.78. The Balaban J connectivity index is 1.88. The van der Waals surface area contributed by atoms with Crippen LogP contribution >= 0.6 is 0 Å². The summed E-state index contributed by atoms with van der Waals surface area (Å²) in [6.45, 7) is 7.11. The van der Waals surface area contributed by atoms with Crippen LogP contribution in [0, 0.1) is 5.41 Å². The van der Waals surface area contributed by atoms with Gasteiger partial charge in [0.1, 0.15) is 0 Å². The monoisotopic (exact) mass is 278 g/mol. The van der Waals surface area contributed by atoms with Gasteiger partial charge in [0.05, 0.1) is 0 Å². The predicted molar refractivity (Wildman–Crippen MR) is 76.3 cm³/mol. The summed E-state index contributed by atoms with van der Waals surface area (Å²) in [5.74, 6) is 0.888. The SMILES string of the molecule is CC(=O)NC1CC(c2cc(NC(=O)C(C)(C)C)n[nH]2)C1.